The predicted octanol–water partition coefficient (Wildman–Crippen LogP) is 3.50. The highest BCUT2D eigenvalue weighted by Gasteiger charge is 2.39. The molecule has 0 spiro atoms. The Morgan fingerprint density at radius 2 is 2.00 bits per heavy atom. The highest BCUT2D eigenvalue weighted by atomic mass is 19.4. The van der Waals surface area contributed by atoms with Crippen LogP contribution >= 0.6 is 0 Å². The SMILES string of the molecule is CCNc1nc(Nc2cnn(C3CC(N4CCCC4=O)C3)c2C)ncc1C(F)(F)F. The maximum absolute atomic E-state index is 13.1. The Balaban J connectivity index is 1.46. The van der Waals surface area contributed by atoms with Crippen LogP contribution in [0.3, 0.4) is 0 Å². The minimum atomic E-state index is -4.53. The summed E-state index contributed by atoms with van der Waals surface area (Å²) in [6, 6.07) is 0.468. The predicted molar refractivity (Wildman–Crippen MR) is 104 cm³/mol. The number of hydrogen-bond acceptors (Lipinski definition) is 6. The Bertz CT molecular complexity index is 937. The van der Waals surface area contributed by atoms with Crippen LogP contribution in [0.25, 0.3) is 0 Å². The molecular formula is C19H24F3N7O. The van der Waals surface area contributed by atoms with Crippen molar-refractivity contribution in [2.24, 2.45) is 0 Å². The monoisotopic (exact) mass is 423 g/mol. The van der Waals surface area contributed by atoms with Gasteiger partial charge in [-0.25, -0.2) is 4.98 Å². The molecule has 2 N–H and O–H groups in total. The van der Waals surface area contributed by atoms with Gasteiger partial charge in [-0.05, 0) is 33.1 Å². The lowest BCUT2D eigenvalue weighted by atomic mass is 9.85. The molecule has 2 aromatic rings. The zero-order valence-corrected chi connectivity index (χ0v) is 16.8. The van der Waals surface area contributed by atoms with E-state index in [2.05, 4.69) is 25.7 Å². The van der Waals surface area contributed by atoms with Crippen molar-refractivity contribution >= 4 is 23.4 Å². The second kappa shape index (κ2) is 7.77. The van der Waals surface area contributed by atoms with E-state index >= 15 is 0 Å². The van der Waals surface area contributed by atoms with Crippen molar-refractivity contribution in [1.29, 1.82) is 0 Å². The maximum Gasteiger partial charge on any atom is 0.421 e. The number of nitrogens with zero attached hydrogens (tertiary/aromatic N) is 5. The van der Waals surface area contributed by atoms with Crippen molar-refractivity contribution in [2.45, 2.75) is 57.8 Å². The second-order valence-electron chi connectivity index (χ2n) is 7.67. The highest BCUT2D eigenvalue weighted by molar-refractivity contribution is 5.78. The molecule has 162 valence electrons. The van der Waals surface area contributed by atoms with Gasteiger partial charge in [-0.15, -0.1) is 0 Å². The van der Waals surface area contributed by atoms with Crippen LogP contribution in [0.2, 0.25) is 0 Å². The standard InChI is InChI=1S/C19H24F3N7O/c1-3-23-17-14(19(20,21)22)9-24-18(27-17)26-15-10-25-29(11(15)2)13-7-12(8-13)28-6-4-5-16(28)30/h9-10,12-13H,3-8H2,1-2H3,(H2,23,24,26,27). The number of nitrogens with one attached hydrogen (secondary N) is 2. The third kappa shape index (κ3) is 3.80. The summed E-state index contributed by atoms with van der Waals surface area (Å²) in [6.07, 6.45) is 1.14. The summed E-state index contributed by atoms with van der Waals surface area (Å²) in [4.78, 5) is 21.7. The number of carbonyl (C=O) groups excluding carboxylic acids is 1. The summed E-state index contributed by atoms with van der Waals surface area (Å²) >= 11 is 0. The molecule has 0 aromatic carbocycles. The fourth-order valence-corrected chi connectivity index (χ4v) is 4.05. The molecule has 1 saturated carbocycles. The van der Waals surface area contributed by atoms with Crippen molar-refractivity contribution in [3.05, 3.63) is 23.7 Å². The topological polar surface area (TPSA) is 88.0 Å². The lowest BCUT2D eigenvalue weighted by Crippen LogP contribution is -2.46. The summed E-state index contributed by atoms with van der Waals surface area (Å²) < 4.78 is 41.3. The minimum absolute atomic E-state index is 0.0655. The van der Waals surface area contributed by atoms with Crippen molar-refractivity contribution in [2.75, 3.05) is 23.7 Å². The summed E-state index contributed by atoms with van der Waals surface area (Å²) in [6.45, 7) is 4.73. The van der Waals surface area contributed by atoms with Crippen LogP contribution in [-0.4, -0.2) is 49.7 Å². The number of likely N-dealkylation sites (tertiary alicyclic amines) is 1. The van der Waals surface area contributed by atoms with Gasteiger partial charge in [-0.1, -0.05) is 0 Å². The number of hydrogen-bond donors (Lipinski definition) is 2. The molecule has 11 heteroatoms. The van der Waals surface area contributed by atoms with Crippen LogP contribution in [0.1, 0.15) is 49.9 Å². The molecule has 30 heavy (non-hydrogen) atoms. The van der Waals surface area contributed by atoms with Gasteiger partial charge in [-0.3, -0.25) is 9.48 Å². The van der Waals surface area contributed by atoms with Crippen LogP contribution in [0.4, 0.5) is 30.6 Å². The van der Waals surface area contributed by atoms with Crippen LogP contribution in [0, 0.1) is 6.92 Å². The molecule has 0 atom stereocenters. The summed E-state index contributed by atoms with van der Waals surface area (Å²) in [5.41, 5.74) is 0.580. The van der Waals surface area contributed by atoms with Gasteiger partial charge in [0, 0.05) is 31.7 Å². The summed E-state index contributed by atoms with van der Waals surface area (Å²) in [5, 5.41) is 10.0. The van der Waals surface area contributed by atoms with Crippen LogP contribution in [0.15, 0.2) is 12.4 Å². The molecule has 1 aliphatic carbocycles. The quantitative estimate of drug-likeness (QED) is 0.740. The molecule has 3 heterocycles. The molecule has 0 unspecified atom stereocenters. The molecule has 2 aromatic heterocycles. The van der Waals surface area contributed by atoms with Gasteiger partial charge in [0.15, 0.2) is 0 Å². The molecule has 1 saturated heterocycles. The number of rotatable bonds is 6. The van der Waals surface area contributed by atoms with E-state index in [-0.39, 0.29) is 29.8 Å². The van der Waals surface area contributed by atoms with E-state index in [1.165, 1.54) is 0 Å². The Morgan fingerprint density at radius 1 is 1.23 bits per heavy atom. The molecule has 1 aliphatic heterocycles. The van der Waals surface area contributed by atoms with Gasteiger partial charge in [0.25, 0.3) is 0 Å². The fourth-order valence-electron chi connectivity index (χ4n) is 4.05. The maximum atomic E-state index is 13.1. The molecule has 1 amide bonds. The van der Waals surface area contributed by atoms with Crippen molar-refractivity contribution in [3.8, 4) is 0 Å². The van der Waals surface area contributed by atoms with E-state index in [1.807, 2.05) is 16.5 Å². The van der Waals surface area contributed by atoms with E-state index in [0.717, 1.165) is 37.7 Å². The van der Waals surface area contributed by atoms with Crippen LogP contribution in [0.5, 0.6) is 0 Å². The lowest BCUT2D eigenvalue weighted by Gasteiger charge is -2.41. The Hall–Kier alpha value is -2.85. The number of amides is 1. The Kier molecular flexibility index (Phi) is 5.29. The van der Waals surface area contributed by atoms with Gasteiger partial charge >= 0.3 is 6.18 Å². The number of aromatic nitrogens is 4. The van der Waals surface area contributed by atoms with Crippen molar-refractivity contribution in [1.82, 2.24) is 24.6 Å². The Labute approximate surface area is 171 Å². The third-order valence-electron chi connectivity index (χ3n) is 5.71. The van der Waals surface area contributed by atoms with E-state index in [4.69, 9.17) is 0 Å². The first-order chi connectivity index (χ1) is 14.3. The molecule has 2 aliphatic rings. The Morgan fingerprint density at radius 3 is 2.63 bits per heavy atom. The first-order valence-electron chi connectivity index (χ1n) is 10.1. The van der Waals surface area contributed by atoms with E-state index in [9.17, 15) is 18.0 Å². The minimum Gasteiger partial charge on any atom is -0.370 e. The largest absolute Gasteiger partial charge is 0.421 e. The van der Waals surface area contributed by atoms with Gasteiger partial charge in [0.05, 0.1) is 23.6 Å². The highest BCUT2D eigenvalue weighted by Crippen LogP contribution is 2.39. The molecular weight excluding hydrogens is 399 g/mol. The number of carbonyl (C=O) groups is 1. The third-order valence-corrected chi connectivity index (χ3v) is 5.71. The number of halogens is 3. The molecule has 0 radical (unpaired) electrons. The molecule has 8 nitrogen and oxygen atoms in total. The molecule has 2 fully saturated rings. The van der Waals surface area contributed by atoms with Crippen molar-refractivity contribution < 1.29 is 18.0 Å². The van der Waals surface area contributed by atoms with Gasteiger partial charge in [-0.2, -0.15) is 23.3 Å². The van der Waals surface area contributed by atoms with E-state index in [0.29, 0.717) is 18.7 Å². The normalized spacial score (nSPS) is 21.6. The van der Waals surface area contributed by atoms with E-state index in [1.54, 1.807) is 13.1 Å². The smallest absolute Gasteiger partial charge is 0.370 e. The average molecular weight is 423 g/mol. The van der Waals surface area contributed by atoms with Gasteiger partial charge in [0.1, 0.15) is 11.4 Å². The lowest BCUT2D eigenvalue weighted by molar-refractivity contribution is -0.137. The number of anilines is 3. The zero-order chi connectivity index (χ0) is 21.5. The van der Waals surface area contributed by atoms with Crippen LogP contribution in [-0.2, 0) is 11.0 Å². The van der Waals surface area contributed by atoms with Crippen LogP contribution < -0.4 is 10.6 Å². The molecule has 4 rings (SSSR count). The van der Waals surface area contributed by atoms with Gasteiger partial charge in [0.2, 0.25) is 11.9 Å². The van der Waals surface area contributed by atoms with Gasteiger partial charge < -0.3 is 15.5 Å². The fraction of sp³-hybridized carbons (Fsp3) is 0.579. The second-order valence-corrected chi connectivity index (χ2v) is 7.67. The van der Waals surface area contributed by atoms with Crippen molar-refractivity contribution in [3.63, 3.8) is 0 Å². The van der Waals surface area contributed by atoms with E-state index < -0.39 is 11.7 Å². The summed E-state index contributed by atoms with van der Waals surface area (Å²) in [5.74, 6) is 0.0364. The zero-order valence-electron chi connectivity index (χ0n) is 16.8. The molecule has 0 bridgehead atoms. The first kappa shape index (κ1) is 20.4. The first-order valence-corrected chi connectivity index (χ1v) is 10.1. The number of alkyl halides is 3. The average Bonchev–Trinajstić information content (AvgIpc) is 3.21. The summed E-state index contributed by atoms with van der Waals surface area (Å²) in [7, 11) is 0.